The fourth-order valence-electron chi connectivity index (χ4n) is 4.43. The highest BCUT2D eigenvalue weighted by Crippen LogP contribution is 2.38. The average Bonchev–Trinajstić information content (AvgIpc) is 3.68. The molecule has 3 aromatic rings. The number of likely N-dealkylation sites (N-methyl/N-ethyl adjacent to an activating group) is 1. The van der Waals surface area contributed by atoms with E-state index in [0.717, 1.165) is 49.1 Å². The van der Waals surface area contributed by atoms with Gasteiger partial charge in [-0.05, 0) is 85.6 Å². The quantitative estimate of drug-likeness (QED) is 0.473. The number of rotatable bonds is 7. The van der Waals surface area contributed by atoms with E-state index < -0.39 is 0 Å². The number of amides is 1. The maximum atomic E-state index is 12.6. The Balaban J connectivity index is 1.19. The van der Waals surface area contributed by atoms with E-state index in [2.05, 4.69) is 38.5 Å². The highest BCUT2D eigenvalue weighted by Gasteiger charge is 2.28. The molecule has 6 rings (SSSR count). The maximum Gasteiger partial charge on any atom is 0.255 e. The number of amidine groups is 1. The molecule has 0 spiro atoms. The van der Waals surface area contributed by atoms with Crippen molar-refractivity contribution in [1.29, 1.82) is 0 Å². The van der Waals surface area contributed by atoms with Gasteiger partial charge in [0.2, 0.25) is 11.9 Å². The minimum absolute atomic E-state index is 0.146. The molecule has 9 nitrogen and oxygen atoms in total. The minimum Gasteiger partial charge on any atom is -0.338 e. The van der Waals surface area contributed by atoms with Gasteiger partial charge in [-0.2, -0.15) is 15.0 Å². The standard InChI is InChI=1S/C28H30N8OS/c1-35-13-15-36(16-14-35)27-32-26(31-24-17-21(18-29-24)19-7-8-19)33-28(34-27)38-23-11-9-20(10-12-23)25(37)30-22-5-3-2-4-6-22/h2-6,9-12,17,19H,7-8,13-16,18H2,1H3,(H,30,37)(H,29,31,32,33,34). The molecule has 2 N–H and O–H groups in total. The number of nitrogens with one attached hydrogen (secondary N) is 2. The second kappa shape index (κ2) is 10.9. The van der Waals surface area contributed by atoms with E-state index in [1.54, 1.807) is 0 Å². The van der Waals surface area contributed by atoms with Crippen LogP contribution in [0.1, 0.15) is 23.2 Å². The zero-order valence-corrected chi connectivity index (χ0v) is 22.1. The summed E-state index contributed by atoms with van der Waals surface area (Å²) in [5.41, 5.74) is 2.75. The van der Waals surface area contributed by atoms with Crippen LogP contribution in [0.3, 0.4) is 0 Å². The number of aromatic nitrogens is 3. The van der Waals surface area contributed by atoms with Gasteiger partial charge in [0, 0.05) is 42.3 Å². The van der Waals surface area contributed by atoms with E-state index in [1.165, 1.54) is 30.2 Å². The molecule has 1 aromatic heterocycles. The summed E-state index contributed by atoms with van der Waals surface area (Å²) >= 11 is 1.45. The number of hydrogen-bond acceptors (Lipinski definition) is 9. The van der Waals surface area contributed by atoms with Crippen LogP contribution in [0.4, 0.5) is 17.6 Å². The van der Waals surface area contributed by atoms with Crippen LogP contribution in [0.25, 0.3) is 0 Å². The van der Waals surface area contributed by atoms with Crippen molar-refractivity contribution < 1.29 is 4.79 Å². The first-order chi connectivity index (χ1) is 18.6. The van der Waals surface area contributed by atoms with Crippen LogP contribution < -0.4 is 15.5 Å². The topological polar surface area (TPSA) is 98.6 Å². The SMILES string of the molecule is CN1CCN(c2nc(NC3=NCC(C4CC4)=C3)nc(Sc3ccc(C(=O)Nc4ccccc4)cc3)n2)CC1. The summed E-state index contributed by atoms with van der Waals surface area (Å²) in [6.07, 6.45) is 4.67. The Labute approximate surface area is 226 Å². The Bertz CT molecular complexity index is 1360. The third kappa shape index (κ3) is 6.03. The van der Waals surface area contributed by atoms with Crippen molar-refractivity contribution >= 4 is 41.1 Å². The molecule has 1 amide bonds. The molecule has 1 saturated heterocycles. The second-order valence-electron chi connectivity index (χ2n) is 9.80. The number of para-hydroxylation sites is 1. The highest BCUT2D eigenvalue weighted by atomic mass is 32.2. The number of anilines is 3. The predicted molar refractivity (Wildman–Crippen MR) is 151 cm³/mol. The maximum absolute atomic E-state index is 12.6. The van der Waals surface area contributed by atoms with E-state index in [1.807, 2.05) is 54.6 Å². The normalized spacial score (nSPS) is 17.7. The monoisotopic (exact) mass is 526 g/mol. The molecule has 38 heavy (non-hydrogen) atoms. The molecule has 1 saturated carbocycles. The molecule has 3 aliphatic rings. The van der Waals surface area contributed by atoms with Gasteiger partial charge in [0.1, 0.15) is 5.84 Å². The molecule has 2 aliphatic heterocycles. The van der Waals surface area contributed by atoms with Crippen molar-refractivity contribution in [3.63, 3.8) is 0 Å². The number of hydrogen-bond donors (Lipinski definition) is 2. The molecule has 2 fully saturated rings. The van der Waals surface area contributed by atoms with E-state index in [0.29, 0.717) is 28.5 Å². The number of carbonyl (C=O) groups excluding carboxylic acids is 1. The summed E-state index contributed by atoms with van der Waals surface area (Å²) in [6, 6.07) is 16.9. The van der Waals surface area contributed by atoms with Crippen LogP contribution in [0.15, 0.2) is 81.3 Å². The average molecular weight is 527 g/mol. The lowest BCUT2D eigenvalue weighted by Gasteiger charge is -2.32. The summed E-state index contributed by atoms with van der Waals surface area (Å²) in [6.45, 7) is 4.41. The molecule has 0 radical (unpaired) electrons. The van der Waals surface area contributed by atoms with E-state index in [9.17, 15) is 4.79 Å². The summed E-state index contributed by atoms with van der Waals surface area (Å²) in [4.78, 5) is 37.0. The van der Waals surface area contributed by atoms with Crippen LogP contribution in [0, 0.1) is 5.92 Å². The molecule has 0 unspecified atom stereocenters. The van der Waals surface area contributed by atoms with Crippen molar-refractivity contribution in [3.8, 4) is 0 Å². The van der Waals surface area contributed by atoms with Gasteiger partial charge in [0.05, 0.1) is 6.54 Å². The second-order valence-corrected chi connectivity index (χ2v) is 10.8. The van der Waals surface area contributed by atoms with E-state index in [-0.39, 0.29) is 5.91 Å². The zero-order chi connectivity index (χ0) is 25.9. The first kappa shape index (κ1) is 24.6. The number of carbonyl (C=O) groups is 1. The fraction of sp³-hybridized carbons (Fsp3) is 0.321. The lowest BCUT2D eigenvalue weighted by Crippen LogP contribution is -2.45. The Morgan fingerprint density at radius 1 is 0.947 bits per heavy atom. The molecular formula is C28H30N8OS. The van der Waals surface area contributed by atoms with Crippen LogP contribution in [-0.4, -0.2) is 71.4 Å². The Morgan fingerprint density at radius 3 is 2.45 bits per heavy atom. The third-order valence-corrected chi connectivity index (χ3v) is 7.72. The highest BCUT2D eigenvalue weighted by molar-refractivity contribution is 7.99. The summed E-state index contributed by atoms with van der Waals surface area (Å²) in [5, 5.41) is 6.84. The summed E-state index contributed by atoms with van der Waals surface area (Å²) in [7, 11) is 2.13. The van der Waals surface area contributed by atoms with Gasteiger partial charge in [-0.25, -0.2) is 0 Å². The van der Waals surface area contributed by atoms with Crippen LogP contribution in [-0.2, 0) is 0 Å². The van der Waals surface area contributed by atoms with E-state index in [4.69, 9.17) is 15.0 Å². The molecule has 10 heteroatoms. The van der Waals surface area contributed by atoms with Crippen molar-refractivity contribution in [1.82, 2.24) is 19.9 Å². The minimum atomic E-state index is -0.146. The molecule has 194 valence electrons. The molecular weight excluding hydrogens is 496 g/mol. The third-order valence-electron chi connectivity index (χ3n) is 6.84. The van der Waals surface area contributed by atoms with Crippen molar-refractivity contribution in [3.05, 3.63) is 71.8 Å². The molecule has 2 aromatic carbocycles. The van der Waals surface area contributed by atoms with Gasteiger partial charge in [0.25, 0.3) is 5.91 Å². The van der Waals surface area contributed by atoms with Crippen LogP contribution in [0.2, 0.25) is 0 Å². The summed E-state index contributed by atoms with van der Waals surface area (Å²) in [5.74, 6) is 2.53. The van der Waals surface area contributed by atoms with Crippen LogP contribution >= 0.6 is 11.8 Å². The van der Waals surface area contributed by atoms with Gasteiger partial charge in [0.15, 0.2) is 5.16 Å². The Kier molecular flexibility index (Phi) is 7.06. The fourth-order valence-corrected chi connectivity index (χ4v) is 5.18. The Hall–Kier alpha value is -3.76. The molecule has 1 aliphatic carbocycles. The van der Waals surface area contributed by atoms with Crippen molar-refractivity contribution in [2.45, 2.75) is 22.9 Å². The molecule has 3 heterocycles. The van der Waals surface area contributed by atoms with Gasteiger partial charge in [-0.15, -0.1) is 0 Å². The largest absolute Gasteiger partial charge is 0.338 e. The van der Waals surface area contributed by atoms with Gasteiger partial charge >= 0.3 is 0 Å². The molecule has 0 atom stereocenters. The number of piperazine rings is 1. The van der Waals surface area contributed by atoms with Gasteiger partial charge in [-0.1, -0.05) is 18.2 Å². The summed E-state index contributed by atoms with van der Waals surface area (Å²) < 4.78 is 0. The first-order valence-corrected chi connectivity index (χ1v) is 13.8. The van der Waals surface area contributed by atoms with Crippen LogP contribution in [0.5, 0.6) is 0 Å². The van der Waals surface area contributed by atoms with Gasteiger partial charge < -0.3 is 20.4 Å². The zero-order valence-electron chi connectivity index (χ0n) is 21.3. The lowest BCUT2D eigenvalue weighted by atomic mass is 10.2. The predicted octanol–water partition coefficient (Wildman–Crippen LogP) is 4.19. The lowest BCUT2D eigenvalue weighted by molar-refractivity contribution is 0.102. The number of aliphatic imine (C=N–C) groups is 1. The molecule has 0 bridgehead atoms. The van der Waals surface area contributed by atoms with E-state index >= 15 is 0 Å². The Morgan fingerprint density at radius 2 is 1.71 bits per heavy atom. The van der Waals surface area contributed by atoms with Crippen molar-refractivity contribution in [2.75, 3.05) is 55.3 Å². The smallest absolute Gasteiger partial charge is 0.255 e. The van der Waals surface area contributed by atoms with Gasteiger partial charge in [-0.3, -0.25) is 9.79 Å². The number of nitrogens with zero attached hydrogens (tertiary/aromatic N) is 6. The first-order valence-electron chi connectivity index (χ1n) is 12.9. The van der Waals surface area contributed by atoms with Crippen molar-refractivity contribution in [2.24, 2.45) is 10.9 Å². The number of benzene rings is 2.